The van der Waals surface area contributed by atoms with Crippen molar-refractivity contribution in [2.75, 3.05) is 18.8 Å². The number of nitrogen functional groups attached to an aromatic ring is 1. The highest BCUT2D eigenvalue weighted by Gasteiger charge is 2.29. The molecular weight excluding hydrogens is 383 g/mol. The van der Waals surface area contributed by atoms with Gasteiger partial charge in [-0.1, -0.05) is 17.3 Å². The molecule has 1 unspecified atom stereocenters. The van der Waals surface area contributed by atoms with Gasteiger partial charge in [-0.05, 0) is 49.2 Å². The van der Waals surface area contributed by atoms with Crippen LogP contribution in [-0.4, -0.2) is 34.0 Å². The summed E-state index contributed by atoms with van der Waals surface area (Å²) < 4.78 is 18.5. The summed E-state index contributed by atoms with van der Waals surface area (Å²) in [5, 5.41) is 4.00. The van der Waals surface area contributed by atoms with Crippen molar-refractivity contribution in [2.45, 2.75) is 18.8 Å². The van der Waals surface area contributed by atoms with Gasteiger partial charge in [0.1, 0.15) is 5.82 Å². The van der Waals surface area contributed by atoms with E-state index in [0.29, 0.717) is 41.6 Å². The number of piperidine rings is 1. The van der Waals surface area contributed by atoms with E-state index in [1.54, 1.807) is 41.3 Å². The molecule has 2 aromatic carbocycles. The number of para-hydroxylation sites is 1. The number of halogens is 2. The molecule has 2 heterocycles. The molecule has 1 saturated heterocycles. The molecule has 0 saturated carbocycles. The number of carbonyl (C=O) groups is 1. The number of hydrogen-bond donors (Lipinski definition) is 1. The van der Waals surface area contributed by atoms with E-state index >= 15 is 0 Å². The summed E-state index contributed by atoms with van der Waals surface area (Å²) in [5.41, 5.74) is 7.61. The molecule has 0 aliphatic carbocycles. The Labute approximate surface area is 167 Å². The molecule has 146 valence electrons. The Balaban J connectivity index is 0.00000225. The minimum Gasteiger partial charge on any atom is -0.398 e. The van der Waals surface area contributed by atoms with Crippen molar-refractivity contribution < 1.29 is 13.7 Å². The molecule has 1 atom stereocenters. The van der Waals surface area contributed by atoms with Gasteiger partial charge in [0.2, 0.25) is 11.7 Å². The summed E-state index contributed by atoms with van der Waals surface area (Å²) in [5.74, 6) is 0.475. The smallest absolute Gasteiger partial charge is 0.255 e. The first kappa shape index (κ1) is 19.8. The molecule has 1 aliphatic heterocycles. The first-order valence-corrected chi connectivity index (χ1v) is 8.85. The van der Waals surface area contributed by atoms with Gasteiger partial charge in [0.25, 0.3) is 5.91 Å². The van der Waals surface area contributed by atoms with Crippen LogP contribution in [0.3, 0.4) is 0 Å². The van der Waals surface area contributed by atoms with Crippen LogP contribution in [0.4, 0.5) is 10.1 Å². The molecule has 1 fully saturated rings. The first-order chi connectivity index (χ1) is 13.1. The zero-order chi connectivity index (χ0) is 18.8. The van der Waals surface area contributed by atoms with Gasteiger partial charge in [-0.25, -0.2) is 4.39 Å². The maximum absolute atomic E-state index is 13.1. The Morgan fingerprint density at radius 2 is 1.93 bits per heavy atom. The molecule has 0 bridgehead atoms. The first-order valence-electron chi connectivity index (χ1n) is 8.85. The van der Waals surface area contributed by atoms with Crippen molar-refractivity contribution in [1.82, 2.24) is 15.0 Å². The molecule has 1 aliphatic rings. The highest BCUT2D eigenvalue weighted by Crippen LogP contribution is 2.29. The largest absolute Gasteiger partial charge is 0.398 e. The van der Waals surface area contributed by atoms with Crippen LogP contribution >= 0.6 is 12.4 Å². The zero-order valence-corrected chi connectivity index (χ0v) is 15.9. The van der Waals surface area contributed by atoms with Gasteiger partial charge in [0.15, 0.2) is 0 Å². The van der Waals surface area contributed by atoms with E-state index in [1.807, 2.05) is 0 Å². The number of likely N-dealkylation sites (tertiary alicyclic amines) is 1. The number of nitrogens with two attached hydrogens (primary N) is 1. The Hall–Kier alpha value is -2.93. The lowest BCUT2D eigenvalue weighted by atomic mass is 9.97. The normalized spacial score (nSPS) is 16.5. The third kappa shape index (κ3) is 3.99. The number of carbonyl (C=O) groups excluding carboxylic acids is 1. The molecule has 3 aromatic rings. The van der Waals surface area contributed by atoms with Crippen LogP contribution in [0.5, 0.6) is 0 Å². The van der Waals surface area contributed by atoms with E-state index in [1.165, 1.54) is 12.1 Å². The molecule has 8 heteroatoms. The monoisotopic (exact) mass is 402 g/mol. The van der Waals surface area contributed by atoms with Gasteiger partial charge < -0.3 is 15.2 Å². The van der Waals surface area contributed by atoms with Crippen LogP contribution in [0.2, 0.25) is 0 Å². The number of hydrogen-bond acceptors (Lipinski definition) is 5. The SMILES string of the molecule is Cl.Nc1ccccc1C(=O)N1CCCC(c2nc(-c3ccc(F)cc3)no2)C1. The van der Waals surface area contributed by atoms with Crippen molar-refractivity contribution in [3.8, 4) is 11.4 Å². The number of benzene rings is 2. The van der Waals surface area contributed by atoms with Crippen molar-refractivity contribution in [2.24, 2.45) is 0 Å². The van der Waals surface area contributed by atoms with E-state index in [4.69, 9.17) is 10.3 Å². The fraction of sp³-hybridized carbons (Fsp3) is 0.250. The quantitative estimate of drug-likeness (QED) is 0.671. The third-order valence-corrected chi connectivity index (χ3v) is 4.79. The molecule has 4 rings (SSSR count). The Kier molecular flexibility index (Phi) is 5.94. The topological polar surface area (TPSA) is 85.3 Å². The maximum Gasteiger partial charge on any atom is 0.255 e. The van der Waals surface area contributed by atoms with Gasteiger partial charge in [0.05, 0.1) is 11.5 Å². The fourth-order valence-corrected chi connectivity index (χ4v) is 3.34. The lowest BCUT2D eigenvalue weighted by Crippen LogP contribution is -2.39. The van der Waals surface area contributed by atoms with Gasteiger partial charge in [0, 0.05) is 24.3 Å². The Morgan fingerprint density at radius 1 is 1.18 bits per heavy atom. The number of anilines is 1. The van der Waals surface area contributed by atoms with Gasteiger partial charge >= 0.3 is 0 Å². The van der Waals surface area contributed by atoms with Crippen LogP contribution in [0.1, 0.15) is 35.0 Å². The molecule has 0 radical (unpaired) electrons. The summed E-state index contributed by atoms with van der Waals surface area (Å²) in [6.45, 7) is 1.17. The average molecular weight is 403 g/mol. The molecule has 1 amide bonds. The summed E-state index contributed by atoms with van der Waals surface area (Å²) in [4.78, 5) is 19.0. The summed E-state index contributed by atoms with van der Waals surface area (Å²) in [6.07, 6.45) is 1.70. The van der Waals surface area contributed by atoms with Crippen LogP contribution in [0.25, 0.3) is 11.4 Å². The van der Waals surface area contributed by atoms with Crippen molar-refractivity contribution in [1.29, 1.82) is 0 Å². The molecule has 28 heavy (non-hydrogen) atoms. The fourth-order valence-electron chi connectivity index (χ4n) is 3.34. The Morgan fingerprint density at radius 3 is 2.68 bits per heavy atom. The van der Waals surface area contributed by atoms with E-state index in [2.05, 4.69) is 10.1 Å². The highest BCUT2D eigenvalue weighted by atomic mass is 35.5. The highest BCUT2D eigenvalue weighted by molar-refractivity contribution is 5.99. The lowest BCUT2D eigenvalue weighted by Gasteiger charge is -2.31. The predicted molar refractivity (Wildman–Crippen MR) is 106 cm³/mol. The second kappa shape index (κ2) is 8.39. The van der Waals surface area contributed by atoms with Crippen LogP contribution in [-0.2, 0) is 0 Å². The van der Waals surface area contributed by atoms with Crippen LogP contribution in [0, 0.1) is 5.82 Å². The number of nitrogens with zero attached hydrogens (tertiary/aromatic N) is 3. The minimum atomic E-state index is -0.316. The second-order valence-corrected chi connectivity index (χ2v) is 6.64. The zero-order valence-electron chi connectivity index (χ0n) is 15.0. The average Bonchev–Trinajstić information content (AvgIpc) is 3.19. The molecule has 1 aromatic heterocycles. The van der Waals surface area contributed by atoms with Crippen LogP contribution < -0.4 is 5.73 Å². The number of amides is 1. The van der Waals surface area contributed by atoms with E-state index in [9.17, 15) is 9.18 Å². The number of aromatic nitrogens is 2. The van der Waals surface area contributed by atoms with Crippen LogP contribution in [0.15, 0.2) is 53.1 Å². The van der Waals surface area contributed by atoms with Crippen molar-refractivity contribution >= 4 is 24.0 Å². The summed E-state index contributed by atoms with van der Waals surface area (Å²) in [7, 11) is 0. The van der Waals surface area contributed by atoms with Gasteiger partial charge in [-0.3, -0.25) is 4.79 Å². The molecule has 0 spiro atoms. The van der Waals surface area contributed by atoms with E-state index in [-0.39, 0.29) is 30.0 Å². The summed E-state index contributed by atoms with van der Waals surface area (Å²) >= 11 is 0. The van der Waals surface area contributed by atoms with Gasteiger partial charge in [-0.2, -0.15) is 4.98 Å². The molecule has 2 N–H and O–H groups in total. The molecule has 6 nitrogen and oxygen atoms in total. The van der Waals surface area contributed by atoms with E-state index in [0.717, 1.165) is 12.8 Å². The van der Waals surface area contributed by atoms with Crippen molar-refractivity contribution in [3.63, 3.8) is 0 Å². The van der Waals surface area contributed by atoms with Gasteiger partial charge in [-0.15, -0.1) is 12.4 Å². The number of rotatable bonds is 3. The molecular formula is C20H20ClFN4O2. The van der Waals surface area contributed by atoms with Crippen molar-refractivity contribution in [3.05, 3.63) is 65.8 Å². The minimum absolute atomic E-state index is 0. The maximum atomic E-state index is 13.1. The standard InChI is InChI=1S/C20H19FN4O2.ClH/c21-15-9-7-13(8-10-15)18-23-19(27-24-18)14-4-3-11-25(12-14)20(26)16-5-1-2-6-17(16)22;/h1-2,5-10,14H,3-4,11-12,22H2;1H. The summed E-state index contributed by atoms with van der Waals surface area (Å²) in [6, 6.07) is 13.0. The van der Waals surface area contributed by atoms with E-state index < -0.39 is 0 Å². The third-order valence-electron chi connectivity index (χ3n) is 4.79. The Bertz CT molecular complexity index is 961. The lowest BCUT2D eigenvalue weighted by molar-refractivity contribution is 0.0696. The second-order valence-electron chi connectivity index (χ2n) is 6.64. The predicted octanol–water partition coefficient (Wildman–Crippen LogP) is 3.90.